The van der Waals surface area contributed by atoms with Crippen molar-refractivity contribution < 1.29 is 14.3 Å². The first-order chi connectivity index (χ1) is 9.06. The lowest BCUT2D eigenvalue weighted by atomic mass is 9.93. The zero-order valence-electron chi connectivity index (χ0n) is 11.0. The number of hydrogen-bond acceptors (Lipinski definition) is 4. The normalized spacial score (nSPS) is 25.0. The van der Waals surface area contributed by atoms with Crippen molar-refractivity contribution in [3.05, 3.63) is 34.3 Å². The predicted molar refractivity (Wildman–Crippen MR) is 69.9 cm³/mol. The summed E-state index contributed by atoms with van der Waals surface area (Å²) in [6, 6.07) is 5.38. The van der Waals surface area contributed by atoms with Gasteiger partial charge in [0.2, 0.25) is 0 Å². The van der Waals surface area contributed by atoms with Crippen LogP contribution in [0.2, 0.25) is 0 Å². The van der Waals surface area contributed by atoms with E-state index in [0.29, 0.717) is 12.2 Å². The van der Waals surface area contributed by atoms with Crippen molar-refractivity contribution >= 4 is 11.1 Å². The van der Waals surface area contributed by atoms with Crippen molar-refractivity contribution in [1.29, 1.82) is 0 Å². The molecule has 1 aliphatic rings. The van der Waals surface area contributed by atoms with Crippen LogP contribution < -0.4 is 5.76 Å². The molecule has 5 nitrogen and oxygen atoms in total. The molecule has 1 aliphatic heterocycles. The molecule has 0 bridgehead atoms. The highest BCUT2D eigenvalue weighted by molar-refractivity contribution is 5.73. The molecule has 0 spiro atoms. The van der Waals surface area contributed by atoms with Crippen LogP contribution in [0.25, 0.3) is 11.1 Å². The number of fused-ring (bicyclic) bond motifs is 1. The Balaban J connectivity index is 1.94. The van der Waals surface area contributed by atoms with Gasteiger partial charge in [-0.25, -0.2) is 4.79 Å². The highest BCUT2D eigenvalue weighted by Gasteiger charge is 2.29. The third kappa shape index (κ3) is 2.09. The Kier molecular flexibility index (Phi) is 2.95. The second-order valence-electron chi connectivity index (χ2n) is 5.24. The van der Waals surface area contributed by atoms with Gasteiger partial charge < -0.3 is 14.3 Å². The molecule has 3 atom stereocenters. The molecular weight excluding hydrogens is 246 g/mol. The van der Waals surface area contributed by atoms with Crippen LogP contribution >= 0.6 is 0 Å². The SMILES string of the molecule is CC1CC(C(O)c2ccc3c(c2)oc(=O)n3C)CO1. The van der Waals surface area contributed by atoms with Crippen LogP contribution in [-0.4, -0.2) is 22.4 Å². The first-order valence-corrected chi connectivity index (χ1v) is 6.45. The van der Waals surface area contributed by atoms with E-state index < -0.39 is 6.10 Å². The average molecular weight is 263 g/mol. The summed E-state index contributed by atoms with van der Waals surface area (Å²) in [5, 5.41) is 10.4. The molecule has 1 fully saturated rings. The summed E-state index contributed by atoms with van der Waals surface area (Å²) in [6.07, 6.45) is 0.454. The van der Waals surface area contributed by atoms with Crippen molar-refractivity contribution in [1.82, 2.24) is 4.57 Å². The van der Waals surface area contributed by atoms with Crippen LogP contribution in [0.4, 0.5) is 0 Å². The third-order valence-corrected chi connectivity index (χ3v) is 3.83. The standard InChI is InChI=1S/C14H17NO4/c1-8-5-10(7-18-8)13(16)9-3-4-11-12(6-9)19-14(17)15(11)2/h3-4,6,8,10,13,16H,5,7H2,1-2H3. The molecule has 0 radical (unpaired) electrons. The Hall–Kier alpha value is -1.59. The molecule has 0 aliphatic carbocycles. The van der Waals surface area contributed by atoms with Crippen molar-refractivity contribution in [3.8, 4) is 0 Å². The number of rotatable bonds is 2. The zero-order chi connectivity index (χ0) is 13.6. The summed E-state index contributed by atoms with van der Waals surface area (Å²) in [5.74, 6) is -0.289. The lowest BCUT2D eigenvalue weighted by Gasteiger charge is -2.16. The molecule has 3 unspecified atom stereocenters. The second kappa shape index (κ2) is 4.51. The van der Waals surface area contributed by atoms with Crippen LogP contribution in [0, 0.1) is 5.92 Å². The quantitative estimate of drug-likeness (QED) is 0.893. The minimum absolute atomic E-state index is 0.0999. The lowest BCUT2D eigenvalue weighted by Crippen LogP contribution is -2.12. The van der Waals surface area contributed by atoms with Crippen LogP contribution in [0.15, 0.2) is 27.4 Å². The Bertz CT molecular complexity index is 657. The Morgan fingerprint density at radius 3 is 2.95 bits per heavy atom. The van der Waals surface area contributed by atoms with Gasteiger partial charge in [-0.05, 0) is 31.0 Å². The number of aliphatic hydroxyl groups excluding tert-OH is 1. The first kappa shape index (κ1) is 12.4. The summed E-state index contributed by atoms with van der Waals surface area (Å²) < 4.78 is 12.1. The van der Waals surface area contributed by atoms with E-state index in [-0.39, 0.29) is 17.8 Å². The molecule has 0 saturated carbocycles. The van der Waals surface area contributed by atoms with Crippen LogP contribution in [0.1, 0.15) is 25.0 Å². The van der Waals surface area contributed by atoms with Crippen molar-refractivity contribution in [2.75, 3.05) is 6.61 Å². The Morgan fingerprint density at radius 1 is 1.47 bits per heavy atom. The molecule has 3 rings (SSSR count). The van der Waals surface area contributed by atoms with Gasteiger partial charge >= 0.3 is 5.76 Å². The van der Waals surface area contributed by atoms with E-state index in [0.717, 1.165) is 17.5 Å². The molecule has 5 heteroatoms. The zero-order valence-corrected chi connectivity index (χ0v) is 11.0. The third-order valence-electron chi connectivity index (χ3n) is 3.83. The minimum atomic E-state index is -0.583. The van der Waals surface area contributed by atoms with E-state index in [4.69, 9.17) is 9.15 Å². The van der Waals surface area contributed by atoms with Gasteiger partial charge in [-0.3, -0.25) is 4.57 Å². The number of aromatic nitrogens is 1. The average Bonchev–Trinajstić information content (AvgIpc) is 2.94. The maximum absolute atomic E-state index is 11.4. The van der Waals surface area contributed by atoms with Crippen molar-refractivity contribution in [2.45, 2.75) is 25.6 Å². The molecule has 102 valence electrons. The summed E-state index contributed by atoms with van der Waals surface area (Å²) in [4.78, 5) is 11.4. The maximum atomic E-state index is 11.4. The van der Waals surface area contributed by atoms with Crippen molar-refractivity contribution in [2.24, 2.45) is 13.0 Å². The molecule has 0 amide bonds. The second-order valence-corrected chi connectivity index (χ2v) is 5.24. The van der Waals surface area contributed by atoms with E-state index in [1.54, 1.807) is 19.2 Å². The molecule has 1 aromatic carbocycles. The maximum Gasteiger partial charge on any atom is 0.419 e. The highest BCUT2D eigenvalue weighted by atomic mass is 16.5. The molecule has 2 heterocycles. The number of nitrogens with zero attached hydrogens (tertiary/aromatic N) is 1. The van der Waals surface area contributed by atoms with E-state index in [9.17, 15) is 9.90 Å². The van der Waals surface area contributed by atoms with Crippen LogP contribution in [-0.2, 0) is 11.8 Å². The van der Waals surface area contributed by atoms with Crippen LogP contribution in [0.3, 0.4) is 0 Å². The largest absolute Gasteiger partial charge is 0.419 e. The van der Waals surface area contributed by atoms with Gasteiger partial charge in [0.15, 0.2) is 5.58 Å². The fourth-order valence-electron chi connectivity index (χ4n) is 2.68. The van der Waals surface area contributed by atoms with Crippen LogP contribution in [0.5, 0.6) is 0 Å². The van der Waals surface area contributed by atoms with E-state index in [1.807, 2.05) is 13.0 Å². The summed E-state index contributed by atoms with van der Waals surface area (Å²) in [5.41, 5.74) is 2.01. The fourth-order valence-corrected chi connectivity index (χ4v) is 2.68. The summed E-state index contributed by atoms with van der Waals surface area (Å²) >= 11 is 0. The van der Waals surface area contributed by atoms with Gasteiger partial charge in [0, 0.05) is 13.0 Å². The predicted octanol–water partition coefficient (Wildman–Crippen LogP) is 1.59. The molecule has 19 heavy (non-hydrogen) atoms. The first-order valence-electron chi connectivity index (χ1n) is 6.45. The smallest absolute Gasteiger partial charge is 0.408 e. The Labute approximate surface area is 110 Å². The van der Waals surface area contributed by atoms with Crippen molar-refractivity contribution in [3.63, 3.8) is 0 Å². The van der Waals surface area contributed by atoms with Gasteiger partial charge in [-0.1, -0.05) is 6.07 Å². The fraction of sp³-hybridized carbons (Fsp3) is 0.500. The molecule has 1 aromatic heterocycles. The monoisotopic (exact) mass is 263 g/mol. The summed E-state index contributed by atoms with van der Waals surface area (Å²) in [7, 11) is 1.66. The Morgan fingerprint density at radius 2 is 2.26 bits per heavy atom. The highest BCUT2D eigenvalue weighted by Crippen LogP contribution is 2.32. The number of aryl methyl sites for hydroxylation is 1. The number of hydrogen-bond donors (Lipinski definition) is 1. The number of ether oxygens (including phenoxy) is 1. The van der Waals surface area contributed by atoms with Gasteiger partial charge in [0.1, 0.15) is 0 Å². The summed E-state index contributed by atoms with van der Waals surface area (Å²) in [6.45, 7) is 2.57. The van der Waals surface area contributed by atoms with Gasteiger partial charge in [-0.15, -0.1) is 0 Å². The van der Waals surface area contributed by atoms with E-state index >= 15 is 0 Å². The minimum Gasteiger partial charge on any atom is -0.408 e. The van der Waals surface area contributed by atoms with Gasteiger partial charge in [-0.2, -0.15) is 0 Å². The van der Waals surface area contributed by atoms with Gasteiger partial charge in [0.25, 0.3) is 0 Å². The molecule has 1 saturated heterocycles. The van der Waals surface area contributed by atoms with Gasteiger partial charge in [0.05, 0.1) is 24.3 Å². The molecule has 1 N–H and O–H groups in total. The topological polar surface area (TPSA) is 64.6 Å². The molecular formula is C14H17NO4. The lowest BCUT2D eigenvalue weighted by molar-refractivity contribution is 0.0804. The molecule has 2 aromatic rings. The van der Waals surface area contributed by atoms with E-state index in [2.05, 4.69) is 0 Å². The number of benzene rings is 1. The number of oxazole rings is 1. The van der Waals surface area contributed by atoms with E-state index in [1.165, 1.54) is 4.57 Å². The number of aliphatic hydroxyl groups is 1.